The Kier molecular flexibility index (Phi) is 6.09. The number of carbonyl (C=O) groups is 1. The number of rotatable bonds is 6. The van der Waals surface area contributed by atoms with Gasteiger partial charge in [-0.15, -0.1) is 0 Å². The zero-order chi connectivity index (χ0) is 19.3. The topological polar surface area (TPSA) is 47.6 Å². The maximum absolute atomic E-state index is 12.5. The fraction of sp³-hybridized carbons (Fsp3) is 0.318. The minimum Gasteiger partial charge on any atom is -0.496 e. The Bertz CT molecular complexity index is 799. The van der Waals surface area contributed by atoms with Crippen molar-refractivity contribution < 1.29 is 14.3 Å². The van der Waals surface area contributed by atoms with E-state index in [0.717, 1.165) is 22.6 Å². The fourth-order valence-corrected chi connectivity index (χ4v) is 2.78. The lowest BCUT2D eigenvalue weighted by molar-refractivity contribution is 0.104. The summed E-state index contributed by atoms with van der Waals surface area (Å²) in [5.74, 6) is 1.33. The van der Waals surface area contributed by atoms with Gasteiger partial charge in [0.05, 0.1) is 19.8 Å². The van der Waals surface area contributed by atoms with Gasteiger partial charge < -0.3 is 14.8 Å². The summed E-state index contributed by atoms with van der Waals surface area (Å²) in [6.45, 7) is 6.37. The second-order valence-electron chi connectivity index (χ2n) is 7.04. The summed E-state index contributed by atoms with van der Waals surface area (Å²) < 4.78 is 11.1. The minimum absolute atomic E-state index is 0.0714. The van der Waals surface area contributed by atoms with E-state index in [2.05, 4.69) is 26.1 Å². The Hall–Kier alpha value is -2.75. The number of ketones is 1. The number of hydrogen-bond acceptors (Lipinski definition) is 4. The van der Waals surface area contributed by atoms with Crippen LogP contribution in [0.2, 0.25) is 0 Å². The van der Waals surface area contributed by atoms with Crippen LogP contribution >= 0.6 is 0 Å². The molecule has 0 aliphatic heterocycles. The highest BCUT2D eigenvalue weighted by atomic mass is 16.5. The van der Waals surface area contributed by atoms with Gasteiger partial charge in [-0.1, -0.05) is 26.8 Å². The van der Waals surface area contributed by atoms with Gasteiger partial charge in [-0.2, -0.15) is 0 Å². The van der Waals surface area contributed by atoms with Crippen LogP contribution in [-0.2, 0) is 5.41 Å². The lowest BCUT2D eigenvalue weighted by atomic mass is 9.85. The van der Waals surface area contributed by atoms with Crippen molar-refractivity contribution in [1.29, 1.82) is 0 Å². The third-order valence-electron chi connectivity index (χ3n) is 4.25. The first-order valence-electron chi connectivity index (χ1n) is 8.57. The molecule has 138 valence electrons. The zero-order valence-electron chi connectivity index (χ0n) is 16.3. The molecule has 0 radical (unpaired) electrons. The average molecular weight is 353 g/mol. The second kappa shape index (κ2) is 8.09. The molecule has 0 heterocycles. The minimum atomic E-state index is -0.0901. The van der Waals surface area contributed by atoms with E-state index >= 15 is 0 Å². The predicted octanol–water partition coefficient (Wildman–Crippen LogP) is 4.94. The third-order valence-corrected chi connectivity index (χ3v) is 4.25. The van der Waals surface area contributed by atoms with Crippen molar-refractivity contribution in [3.63, 3.8) is 0 Å². The molecule has 0 amide bonds. The first-order chi connectivity index (χ1) is 12.3. The van der Waals surface area contributed by atoms with E-state index in [1.807, 2.05) is 31.3 Å². The SMILES string of the molecule is CNc1ccc(C(=O)/C=C/c2c(OC)ccc(C(C)(C)C)c2OC)cc1. The number of methoxy groups -OCH3 is 2. The number of anilines is 1. The number of benzene rings is 2. The Morgan fingerprint density at radius 2 is 1.65 bits per heavy atom. The van der Waals surface area contributed by atoms with E-state index in [1.54, 1.807) is 38.5 Å². The molecule has 0 atom stereocenters. The normalized spacial score (nSPS) is 11.5. The van der Waals surface area contributed by atoms with Crippen LogP contribution < -0.4 is 14.8 Å². The van der Waals surface area contributed by atoms with Crippen molar-refractivity contribution in [2.45, 2.75) is 26.2 Å². The molecule has 2 aromatic carbocycles. The van der Waals surface area contributed by atoms with Gasteiger partial charge in [0.25, 0.3) is 0 Å². The highest BCUT2D eigenvalue weighted by Crippen LogP contribution is 2.39. The molecular formula is C22H27NO3. The van der Waals surface area contributed by atoms with Gasteiger partial charge in [-0.05, 0) is 47.9 Å². The molecule has 0 bridgehead atoms. The molecule has 2 aromatic rings. The van der Waals surface area contributed by atoms with Crippen LogP contribution in [0.15, 0.2) is 42.5 Å². The standard InChI is InChI=1S/C22H27NO3/c1-22(2,3)18-12-14-20(25-5)17(21(18)26-6)11-13-19(24)15-7-9-16(23-4)10-8-15/h7-14,23H,1-6H3/b13-11+. The van der Waals surface area contributed by atoms with Crippen LogP contribution in [0.1, 0.15) is 42.3 Å². The number of carbonyl (C=O) groups excluding carboxylic acids is 1. The maximum atomic E-state index is 12.5. The highest BCUT2D eigenvalue weighted by molar-refractivity contribution is 6.07. The largest absolute Gasteiger partial charge is 0.496 e. The summed E-state index contributed by atoms with van der Waals surface area (Å²) >= 11 is 0. The van der Waals surface area contributed by atoms with Gasteiger partial charge >= 0.3 is 0 Å². The molecule has 2 rings (SSSR count). The molecule has 0 aromatic heterocycles. The van der Waals surface area contributed by atoms with Crippen LogP contribution in [0.25, 0.3) is 6.08 Å². The molecule has 0 saturated carbocycles. The van der Waals surface area contributed by atoms with E-state index in [-0.39, 0.29) is 11.2 Å². The van der Waals surface area contributed by atoms with Crippen LogP contribution in [0.4, 0.5) is 5.69 Å². The number of allylic oxidation sites excluding steroid dienone is 1. The Balaban J connectivity index is 2.42. The number of nitrogens with one attached hydrogen (secondary N) is 1. The van der Waals surface area contributed by atoms with Crippen molar-refractivity contribution in [2.24, 2.45) is 0 Å². The van der Waals surface area contributed by atoms with Crippen LogP contribution in [0.5, 0.6) is 11.5 Å². The van der Waals surface area contributed by atoms with Gasteiger partial charge in [0, 0.05) is 23.9 Å². The van der Waals surface area contributed by atoms with Gasteiger partial charge in [0.15, 0.2) is 5.78 Å². The summed E-state index contributed by atoms with van der Waals surface area (Å²) in [7, 11) is 5.10. The molecule has 0 saturated heterocycles. The quantitative estimate of drug-likeness (QED) is 0.590. The van der Waals surface area contributed by atoms with E-state index in [9.17, 15) is 4.79 Å². The summed E-state index contributed by atoms with van der Waals surface area (Å²) in [5.41, 5.74) is 3.33. The van der Waals surface area contributed by atoms with E-state index in [0.29, 0.717) is 11.3 Å². The predicted molar refractivity (Wildman–Crippen MR) is 108 cm³/mol. The second-order valence-corrected chi connectivity index (χ2v) is 7.04. The van der Waals surface area contributed by atoms with E-state index in [1.165, 1.54) is 0 Å². The number of hydrogen-bond donors (Lipinski definition) is 1. The Labute approximate surface area is 155 Å². The van der Waals surface area contributed by atoms with Crippen molar-refractivity contribution in [2.75, 3.05) is 26.6 Å². The van der Waals surface area contributed by atoms with Crippen LogP contribution in [-0.4, -0.2) is 27.1 Å². The molecule has 1 N–H and O–H groups in total. The van der Waals surface area contributed by atoms with Crippen LogP contribution in [0.3, 0.4) is 0 Å². The van der Waals surface area contributed by atoms with Crippen molar-refractivity contribution >= 4 is 17.5 Å². The Morgan fingerprint density at radius 1 is 1.00 bits per heavy atom. The van der Waals surface area contributed by atoms with Crippen molar-refractivity contribution in [3.8, 4) is 11.5 Å². The highest BCUT2D eigenvalue weighted by Gasteiger charge is 2.22. The molecule has 0 aliphatic rings. The summed E-state index contributed by atoms with van der Waals surface area (Å²) in [6.07, 6.45) is 3.32. The molecule has 0 aliphatic carbocycles. The maximum Gasteiger partial charge on any atom is 0.185 e. The van der Waals surface area contributed by atoms with Crippen molar-refractivity contribution in [1.82, 2.24) is 0 Å². The molecule has 0 fully saturated rings. The zero-order valence-corrected chi connectivity index (χ0v) is 16.3. The van der Waals surface area contributed by atoms with Gasteiger partial charge in [-0.3, -0.25) is 4.79 Å². The summed E-state index contributed by atoms with van der Waals surface area (Å²) in [4.78, 5) is 12.5. The molecule has 26 heavy (non-hydrogen) atoms. The van der Waals surface area contributed by atoms with Crippen LogP contribution in [0, 0.1) is 0 Å². The van der Waals surface area contributed by atoms with E-state index in [4.69, 9.17) is 9.47 Å². The Morgan fingerprint density at radius 3 is 2.15 bits per heavy atom. The average Bonchev–Trinajstić information content (AvgIpc) is 2.64. The first-order valence-corrected chi connectivity index (χ1v) is 8.57. The monoisotopic (exact) mass is 353 g/mol. The smallest absolute Gasteiger partial charge is 0.185 e. The molecule has 4 heteroatoms. The third kappa shape index (κ3) is 4.26. The summed E-state index contributed by atoms with van der Waals surface area (Å²) in [6, 6.07) is 11.3. The molecule has 4 nitrogen and oxygen atoms in total. The van der Waals surface area contributed by atoms with Crippen molar-refractivity contribution in [3.05, 3.63) is 59.2 Å². The van der Waals surface area contributed by atoms with E-state index < -0.39 is 0 Å². The lowest BCUT2D eigenvalue weighted by Crippen LogP contribution is -2.13. The number of ether oxygens (including phenoxy) is 2. The van der Waals surface area contributed by atoms with Gasteiger partial charge in [0.1, 0.15) is 11.5 Å². The first kappa shape index (κ1) is 19.6. The van der Waals surface area contributed by atoms with Gasteiger partial charge in [0.2, 0.25) is 0 Å². The molecular weight excluding hydrogens is 326 g/mol. The molecule has 0 unspecified atom stereocenters. The molecule has 0 spiro atoms. The summed E-state index contributed by atoms with van der Waals surface area (Å²) in [5, 5.41) is 3.04. The fourth-order valence-electron chi connectivity index (χ4n) is 2.78. The lowest BCUT2D eigenvalue weighted by Gasteiger charge is -2.24. The van der Waals surface area contributed by atoms with Gasteiger partial charge in [-0.25, -0.2) is 0 Å².